The molecule has 96 valence electrons. The van der Waals surface area contributed by atoms with Gasteiger partial charge in [0.05, 0.1) is 5.69 Å². The molecule has 0 atom stereocenters. The molecule has 0 unspecified atom stereocenters. The Labute approximate surface area is 112 Å². The summed E-state index contributed by atoms with van der Waals surface area (Å²) in [4.78, 5) is 4.70. The van der Waals surface area contributed by atoms with Gasteiger partial charge in [-0.3, -0.25) is 0 Å². The number of nitrogens with two attached hydrogens (primary N) is 1. The molecule has 0 saturated carbocycles. The smallest absolute Gasteiger partial charge is 0.140 e. The lowest BCUT2D eigenvalue weighted by Gasteiger charge is -2.01. The summed E-state index contributed by atoms with van der Waals surface area (Å²) in [6.07, 6.45) is 3.93. The number of benzene rings is 1. The van der Waals surface area contributed by atoms with Gasteiger partial charge in [0.25, 0.3) is 0 Å². The second-order valence-electron chi connectivity index (χ2n) is 5.11. The summed E-state index contributed by atoms with van der Waals surface area (Å²) >= 11 is 0. The van der Waals surface area contributed by atoms with Crippen molar-refractivity contribution in [3.63, 3.8) is 0 Å². The van der Waals surface area contributed by atoms with Gasteiger partial charge in [-0.15, -0.1) is 0 Å². The maximum Gasteiger partial charge on any atom is 0.140 e. The Kier molecular flexibility index (Phi) is 2.56. The molecule has 0 aliphatic carbocycles. The lowest BCUT2D eigenvalue weighted by Crippen LogP contribution is -1.92. The molecule has 0 aliphatic rings. The van der Waals surface area contributed by atoms with Crippen molar-refractivity contribution in [1.29, 1.82) is 0 Å². The zero-order valence-electron chi connectivity index (χ0n) is 11.4. The third-order valence-corrected chi connectivity index (χ3v) is 3.56. The van der Waals surface area contributed by atoms with Gasteiger partial charge in [0, 0.05) is 23.6 Å². The molecule has 0 saturated heterocycles. The van der Waals surface area contributed by atoms with Crippen molar-refractivity contribution in [3.8, 4) is 11.3 Å². The first-order valence-corrected chi connectivity index (χ1v) is 6.37. The Balaban J connectivity index is 2.20. The molecule has 0 amide bonds. The van der Waals surface area contributed by atoms with Crippen LogP contribution in [0.1, 0.15) is 16.7 Å². The van der Waals surface area contributed by atoms with Gasteiger partial charge in [-0.25, -0.2) is 4.98 Å². The predicted molar refractivity (Wildman–Crippen MR) is 79.3 cm³/mol. The molecule has 1 aromatic carbocycles. The second-order valence-corrected chi connectivity index (χ2v) is 5.11. The summed E-state index contributed by atoms with van der Waals surface area (Å²) in [5.41, 5.74) is 13.4. The van der Waals surface area contributed by atoms with Gasteiger partial charge < -0.3 is 10.1 Å². The van der Waals surface area contributed by atoms with Gasteiger partial charge in [0.1, 0.15) is 5.65 Å². The van der Waals surface area contributed by atoms with Crippen LogP contribution in [0.15, 0.2) is 36.7 Å². The minimum atomic E-state index is 0.758. The van der Waals surface area contributed by atoms with E-state index in [9.17, 15) is 0 Å². The van der Waals surface area contributed by atoms with Crippen LogP contribution in [0.5, 0.6) is 0 Å². The molecule has 3 nitrogen and oxygen atoms in total. The molecule has 0 aliphatic heterocycles. The predicted octanol–water partition coefficient (Wildman–Crippen LogP) is 3.51. The molecule has 0 fully saturated rings. The number of fused-ring (bicyclic) bond motifs is 1. The molecule has 0 radical (unpaired) electrons. The highest BCUT2D eigenvalue weighted by atomic mass is 15.0. The molecule has 3 aromatic rings. The number of anilines is 1. The highest BCUT2D eigenvalue weighted by Crippen LogP contribution is 2.23. The first-order chi connectivity index (χ1) is 9.04. The van der Waals surface area contributed by atoms with Crippen molar-refractivity contribution in [3.05, 3.63) is 53.3 Å². The first-order valence-electron chi connectivity index (χ1n) is 6.37. The van der Waals surface area contributed by atoms with Gasteiger partial charge in [0.15, 0.2) is 0 Å². The van der Waals surface area contributed by atoms with E-state index in [1.54, 1.807) is 0 Å². The Bertz CT molecular complexity index is 769. The lowest BCUT2D eigenvalue weighted by atomic mass is 10.1. The molecule has 2 aromatic heterocycles. The quantitative estimate of drug-likeness (QED) is 0.719. The van der Waals surface area contributed by atoms with Crippen LogP contribution >= 0.6 is 0 Å². The van der Waals surface area contributed by atoms with E-state index in [2.05, 4.69) is 32.0 Å². The van der Waals surface area contributed by atoms with E-state index in [0.29, 0.717) is 0 Å². The van der Waals surface area contributed by atoms with E-state index in [0.717, 1.165) is 28.2 Å². The number of hydrogen-bond donors (Lipinski definition) is 1. The van der Waals surface area contributed by atoms with Crippen molar-refractivity contribution in [1.82, 2.24) is 9.38 Å². The average molecular weight is 251 g/mol. The van der Waals surface area contributed by atoms with Crippen molar-refractivity contribution in [2.45, 2.75) is 20.8 Å². The summed E-state index contributed by atoms with van der Waals surface area (Å²) in [5, 5.41) is 0. The van der Waals surface area contributed by atoms with E-state index >= 15 is 0 Å². The average Bonchev–Trinajstić information content (AvgIpc) is 2.76. The molecule has 0 bridgehead atoms. The summed E-state index contributed by atoms with van der Waals surface area (Å²) in [6, 6.07) is 8.38. The van der Waals surface area contributed by atoms with Gasteiger partial charge in [-0.05, 0) is 49.6 Å². The van der Waals surface area contributed by atoms with Gasteiger partial charge in [-0.2, -0.15) is 0 Å². The molecule has 0 spiro atoms. The largest absolute Gasteiger partial charge is 0.398 e. The second kappa shape index (κ2) is 4.12. The Morgan fingerprint density at radius 1 is 0.947 bits per heavy atom. The van der Waals surface area contributed by atoms with Gasteiger partial charge in [-0.1, -0.05) is 12.1 Å². The van der Waals surface area contributed by atoms with Crippen LogP contribution in [0.25, 0.3) is 16.9 Å². The van der Waals surface area contributed by atoms with E-state index in [1.165, 1.54) is 11.1 Å². The van der Waals surface area contributed by atoms with Crippen molar-refractivity contribution < 1.29 is 0 Å². The van der Waals surface area contributed by atoms with Crippen LogP contribution in [0.2, 0.25) is 0 Å². The standard InChI is InChI=1S/C16H17N3/c1-10-4-5-13(6-11(10)2)15-9-19-8-14(17)7-12(3)16(19)18-15/h4-9H,17H2,1-3H3. The topological polar surface area (TPSA) is 43.3 Å². The molecule has 2 heterocycles. The summed E-state index contributed by atoms with van der Waals surface area (Å²) in [5.74, 6) is 0. The molecule has 3 heteroatoms. The maximum atomic E-state index is 5.87. The third kappa shape index (κ3) is 1.97. The summed E-state index contributed by atoms with van der Waals surface area (Å²) < 4.78 is 2.00. The fraction of sp³-hybridized carbons (Fsp3) is 0.188. The van der Waals surface area contributed by atoms with Crippen molar-refractivity contribution in [2.75, 3.05) is 5.73 Å². The first kappa shape index (κ1) is 11.8. The van der Waals surface area contributed by atoms with Crippen molar-refractivity contribution >= 4 is 11.3 Å². The van der Waals surface area contributed by atoms with E-state index in [4.69, 9.17) is 10.7 Å². The van der Waals surface area contributed by atoms with Crippen LogP contribution < -0.4 is 5.73 Å². The minimum absolute atomic E-state index is 0.758. The van der Waals surface area contributed by atoms with E-state index in [1.807, 2.05) is 29.8 Å². The number of pyridine rings is 1. The van der Waals surface area contributed by atoms with Crippen LogP contribution in [-0.2, 0) is 0 Å². The normalized spacial score (nSPS) is 11.1. The number of hydrogen-bond acceptors (Lipinski definition) is 2. The number of aromatic nitrogens is 2. The molecule has 3 rings (SSSR count). The Morgan fingerprint density at radius 2 is 1.74 bits per heavy atom. The Morgan fingerprint density at radius 3 is 2.47 bits per heavy atom. The van der Waals surface area contributed by atoms with Crippen LogP contribution in [0, 0.1) is 20.8 Å². The molecular weight excluding hydrogens is 234 g/mol. The highest BCUT2D eigenvalue weighted by Gasteiger charge is 2.07. The number of nitrogens with zero attached hydrogens (tertiary/aromatic N) is 2. The van der Waals surface area contributed by atoms with Crippen molar-refractivity contribution in [2.24, 2.45) is 0 Å². The third-order valence-electron chi connectivity index (χ3n) is 3.56. The SMILES string of the molecule is Cc1ccc(-c2cn3cc(N)cc(C)c3n2)cc1C. The summed E-state index contributed by atoms with van der Waals surface area (Å²) in [7, 11) is 0. The molecule has 2 N–H and O–H groups in total. The number of rotatable bonds is 1. The number of nitrogen functional groups attached to an aromatic ring is 1. The minimum Gasteiger partial charge on any atom is -0.398 e. The number of imidazole rings is 1. The highest BCUT2D eigenvalue weighted by molar-refractivity contribution is 5.66. The lowest BCUT2D eigenvalue weighted by molar-refractivity contribution is 1.17. The number of aryl methyl sites for hydroxylation is 3. The molecule has 19 heavy (non-hydrogen) atoms. The van der Waals surface area contributed by atoms with Gasteiger partial charge >= 0.3 is 0 Å². The fourth-order valence-electron chi connectivity index (χ4n) is 2.34. The van der Waals surface area contributed by atoms with E-state index < -0.39 is 0 Å². The van der Waals surface area contributed by atoms with Crippen LogP contribution in [0.4, 0.5) is 5.69 Å². The molecular formula is C16H17N3. The van der Waals surface area contributed by atoms with Gasteiger partial charge in [0.2, 0.25) is 0 Å². The Hall–Kier alpha value is -2.29. The monoisotopic (exact) mass is 251 g/mol. The van der Waals surface area contributed by atoms with Crippen LogP contribution in [-0.4, -0.2) is 9.38 Å². The fourth-order valence-corrected chi connectivity index (χ4v) is 2.34. The maximum absolute atomic E-state index is 5.87. The van der Waals surface area contributed by atoms with Crippen LogP contribution in [0.3, 0.4) is 0 Å². The zero-order chi connectivity index (χ0) is 13.6. The van der Waals surface area contributed by atoms with E-state index in [-0.39, 0.29) is 0 Å². The zero-order valence-corrected chi connectivity index (χ0v) is 11.4. The summed E-state index contributed by atoms with van der Waals surface area (Å²) in [6.45, 7) is 6.27.